The zero-order valence-corrected chi connectivity index (χ0v) is 17.4. The van der Waals surface area contributed by atoms with E-state index < -0.39 is 0 Å². The van der Waals surface area contributed by atoms with Gasteiger partial charge in [0.15, 0.2) is 0 Å². The van der Waals surface area contributed by atoms with Gasteiger partial charge in [-0.1, -0.05) is 6.92 Å². The predicted molar refractivity (Wildman–Crippen MR) is 115 cm³/mol. The van der Waals surface area contributed by atoms with Crippen molar-refractivity contribution in [2.75, 3.05) is 18.4 Å². The summed E-state index contributed by atoms with van der Waals surface area (Å²) in [6, 6.07) is 11.2. The normalized spacial score (nSPS) is 24.9. The number of anilines is 1. The molecule has 0 unspecified atom stereocenters. The largest absolute Gasteiger partial charge is 0.439 e. The molecule has 3 aliphatic rings. The van der Waals surface area contributed by atoms with Gasteiger partial charge in [0.25, 0.3) is 5.91 Å². The number of benzene rings is 1. The highest BCUT2D eigenvalue weighted by Gasteiger charge is 2.41. The third-order valence-corrected chi connectivity index (χ3v) is 6.08. The molecule has 3 saturated heterocycles. The molecule has 4 heterocycles. The molecule has 0 aliphatic carbocycles. The molecule has 2 aromatic rings. The van der Waals surface area contributed by atoms with Gasteiger partial charge in [-0.2, -0.15) is 0 Å². The van der Waals surface area contributed by atoms with Crippen molar-refractivity contribution in [2.45, 2.75) is 45.2 Å². The lowest BCUT2D eigenvalue weighted by atomic mass is 9.77. The first-order valence-electron chi connectivity index (χ1n) is 10.6. The van der Waals surface area contributed by atoms with Crippen LogP contribution in [0.4, 0.5) is 5.69 Å². The van der Waals surface area contributed by atoms with Gasteiger partial charge in [0, 0.05) is 30.6 Å². The SMILES string of the molecule is CC[C@@H]1[C@H](NC(=O)c2ccc(Oc3ccc(NC(C)=O)cn3)cc2)C2CCN1CC2. The maximum Gasteiger partial charge on any atom is 0.251 e. The van der Waals surface area contributed by atoms with Crippen molar-refractivity contribution in [1.29, 1.82) is 0 Å². The average Bonchev–Trinajstić information content (AvgIpc) is 2.76. The Hall–Kier alpha value is -2.93. The molecule has 0 spiro atoms. The number of amides is 2. The van der Waals surface area contributed by atoms with E-state index in [2.05, 4.69) is 27.4 Å². The summed E-state index contributed by atoms with van der Waals surface area (Å²) >= 11 is 0. The molecule has 7 heteroatoms. The second-order valence-electron chi connectivity index (χ2n) is 8.04. The van der Waals surface area contributed by atoms with Gasteiger partial charge in [-0.15, -0.1) is 0 Å². The third kappa shape index (κ3) is 4.46. The first-order valence-corrected chi connectivity index (χ1v) is 10.6. The molecule has 2 amide bonds. The number of rotatable bonds is 6. The van der Waals surface area contributed by atoms with Crippen LogP contribution in [0.2, 0.25) is 0 Å². The number of fused-ring (bicyclic) bond motifs is 3. The van der Waals surface area contributed by atoms with E-state index >= 15 is 0 Å². The quantitative estimate of drug-likeness (QED) is 0.765. The molecule has 2 bridgehead atoms. The summed E-state index contributed by atoms with van der Waals surface area (Å²) in [5.74, 6) is 1.41. The first kappa shape index (κ1) is 20.3. The molecule has 5 rings (SSSR count). The molecule has 30 heavy (non-hydrogen) atoms. The highest BCUT2D eigenvalue weighted by Crippen LogP contribution is 2.34. The number of aromatic nitrogens is 1. The van der Waals surface area contributed by atoms with Crippen LogP contribution in [-0.2, 0) is 4.79 Å². The lowest BCUT2D eigenvalue weighted by molar-refractivity contribution is -0.114. The summed E-state index contributed by atoms with van der Waals surface area (Å²) in [6.45, 7) is 5.96. The number of pyridine rings is 1. The van der Waals surface area contributed by atoms with Crippen LogP contribution in [0.25, 0.3) is 0 Å². The third-order valence-electron chi connectivity index (χ3n) is 6.08. The van der Waals surface area contributed by atoms with Crippen LogP contribution in [0.5, 0.6) is 11.6 Å². The minimum atomic E-state index is -0.150. The van der Waals surface area contributed by atoms with Gasteiger partial charge >= 0.3 is 0 Å². The van der Waals surface area contributed by atoms with Gasteiger partial charge in [0.1, 0.15) is 5.75 Å². The zero-order chi connectivity index (χ0) is 21.1. The molecule has 7 nitrogen and oxygen atoms in total. The fourth-order valence-electron chi connectivity index (χ4n) is 4.63. The van der Waals surface area contributed by atoms with Crippen molar-refractivity contribution >= 4 is 17.5 Å². The number of ether oxygens (including phenoxy) is 1. The Morgan fingerprint density at radius 1 is 1.13 bits per heavy atom. The Labute approximate surface area is 176 Å². The first-order chi connectivity index (χ1) is 14.5. The molecule has 3 fully saturated rings. The van der Waals surface area contributed by atoms with Crippen LogP contribution in [0.15, 0.2) is 42.6 Å². The van der Waals surface area contributed by atoms with Gasteiger partial charge in [-0.05, 0) is 68.6 Å². The van der Waals surface area contributed by atoms with Crippen molar-refractivity contribution in [3.63, 3.8) is 0 Å². The van der Waals surface area contributed by atoms with Gasteiger partial charge in [0.05, 0.1) is 11.9 Å². The summed E-state index contributed by atoms with van der Waals surface area (Å²) in [6.07, 6.45) is 4.93. The van der Waals surface area contributed by atoms with Crippen molar-refractivity contribution in [3.05, 3.63) is 48.2 Å². The summed E-state index contributed by atoms with van der Waals surface area (Å²) in [4.78, 5) is 30.6. The van der Waals surface area contributed by atoms with Gasteiger partial charge in [-0.25, -0.2) is 4.98 Å². The minimum absolute atomic E-state index is 0.0310. The number of carbonyl (C=O) groups excluding carboxylic acids is 2. The van der Waals surface area contributed by atoms with E-state index in [-0.39, 0.29) is 17.9 Å². The van der Waals surface area contributed by atoms with Crippen molar-refractivity contribution in [2.24, 2.45) is 5.92 Å². The standard InChI is InChI=1S/C23H28N4O3/c1-3-20-22(16-10-12-27(20)13-11-16)26-23(29)17-4-7-19(8-5-17)30-21-9-6-18(14-24-21)25-15(2)28/h4-9,14,16,20,22H,3,10-13H2,1-2H3,(H,25,28)(H,26,29)/t20-,22-/m1/s1. The number of nitrogens with zero attached hydrogens (tertiary/aromatic N) is 2. The number of piperidine rings is 3. The smallest absolute Gasteiger partial charge is 0.251 e. The monoisotopic (exact) mass is 408 g/mol. The van der Waals surface area contributed by atoms with Crippen molar-refractivity contribution in [3.8, 4) is 11.6 Å². The molecular weight excluding hydrogens is 380 g/mol. The number of carbonyl (C=O) groups is 2. The molecule has 1 aromatic heterocycles. The Kier molecular flexibility index (Phi) is 5.99. The second kappa shape index (κ2) is 8.83. The number of nitrogens with one attached hydrogen (secondary N) is 2. The highest BCUT2D eigenvalue weighted by atomic mass is 16.5. The Balaban J connectivity index is 1.37. The van der Waals surface area contributed by atoms with Crippen LogP contribution in [-0.4, -0.2) is 46.9 Å². The van der Waals surface area contributed by atoms with E-state index in [1.54, 1.807) is 36.4 Å². The van der Waals surface area contributed by atoms with Crippen LogP contribution in [0.1, 0.15) is 43.5 Å². The molecule has 0 radical (unpaired) electrons. The molecule has 1 aromatic carbocycles. The summed E-state index contributed by atoms with van der Waals surface area (Å²) in [5.41, 5.74) is 1.24. The fraction of sp³-hybridized carbons (Fsp3) is 0.435. The predicted octanol–water partition coefficient (Wildman–Crippen LogP) is 3.43. The van der Waals surface area contributed by atoms with Crippen LogP contribution < -0.4 is 15.4 Å². The summed E-state index contributed by atoms with van der Waals surface area (Å²) in [5, 5.41) is 5.95. The molecule has 0 saturated carbocycles. The van der Waals surface area contributed by atoms with Gasteiger partial charge < -0.3 is 15.4 Å². The maximum absolute atomic E-state index is 12.8. The number of hydrogen-bond donors (Lipinski definition) is 2. The molecule has 2 atom stereocenters. The molecule has 158 valence electrons. The van der Waals surface area contributed by atoms with Crippen LogP contribution in [0.3, 0.4) is 0 Å². The van der Waals surface area contributed by atoms with E-state index in [0.29, 0.717) is 34.8 Å². The lowest BCUT2D eigenvalue weighted by Crippen LogP contribution is -2.63. The Bertz CT molecular complexity index is 890. The zero-order valence-electron chi connectivity index (χ0n) is 17.4. The average molecular weight is 409 g/mol. The Morgan fingerprint density at radius 2 is 1.87 bits per heavy atom. The summed E-state index contributed by atoms with van der Waals surface area (Å²) in [7, 11) is 0. The van der Waals surface area contributed by atoms with Crippen molar-refractivity contribution < 1.29 is 14.3 Å². The molecule has 2 N–H and O–H groups in total. The van der Waals surface area contributed by atoms with Crippen LogP contribution >= 0.6 is 0 Å². The van der Waals surface area contributed by atoms with Crippen molar-refractivity contribution in [1.82, 2.24) is 15.2 Å². The minimum Gasteiger partial charge on any atom is -0.439 e. The van der Waals surface area contributed by atoms with E-state index in [9.17, 15) is 9.59 Å². The topological polar surface area (TPSA) is 83.6 Å². The number of hydrogen-bond acceptors (Lipinski definition) is 5. The van der Waals surface area contributed by atoms with Gasteiger partial charge in [0.2, 0.25) is 11.8 Å². The summed E-state index contributed by atoms with van der Waals surface area (Å²) < 4.78 is 5.74. The van der Waals surface area contributed by atoms with E-state index in [4.69, 9.17) is 4.74 Å². The lowest BCUT2D eigenvalue weighted by Gasteiger charge is -2.51. The van der Waals surface area contributed by atoms with E-state index in [1.165, 1.54) is 26.0 Å². The van der Waals surface area contributed by atoms with E-state index in [1.807, 2.05) is 0 Å². The van der Waals surface area contributed by atoms with Crippen LogP contribution in [0, 0.1) is 5.92 Å². The maximum atomic E-state index is 12.8. The molecular formula is C23H28N4O3. The molecule has 3 aliphatic heterocycles. The van der Waals surface area contributed by atoms with Gasteiger partial charge in [-0.3, -0.25) is 14.5 Å². The second-order valence-corrected chi connectivity index (χ2v) is 8.04. The fourth-order valence-corrected chi connectivity index (χ4v) is 4.63. The van der Waals surface area contributed by atoms with E-state index in [0.717, 1.165) is 19.5 Å². The highest BCUT2D eigenvalue weighted by molar-refractivity contribution is 5.94. The Morgan fingerprint density at radius 3 is 2.47 bits per heavy atom.